The lowest BCUT2D eigenvalue weighted by molar-refractivity contribution is -0.0743. The maximum atomic E-state index is 6.81. The minimum absolute atomic E-state index is 0.395. The molecule has 1 saturated heterocycles. The molecule has 3 aliphatic rings. The Balaban J connectivity index is 1.48. The van der Waals surface area contributed by atoms with Crippen LogP contribution in [0, 0.1) is 19.8 Å². The Bertz CT molecular complexity index is 1160. The quantitative estimate of drug-likeness (QED) is 0.463. The second kappa shape index (κ2) is 8.25. The number of nitrogens with zero attached hydrogens (tertiary/aromatic N) is 3. The van der Waals surface area contributed by atoms with Crippen molar-refractivity contribution in [1.29, 1.82) is 0 Å². The Morgan fingerprint density at radius 1 is 1.12 bits per heavy atom. The SMILES string of the molecule is Cc1cc(C)c2c(c1)c1c(n2CC(C)(OCC2CCC2)c2cccnc2)CCN2CCCC12. The van der Waals surface area contributed by atoms with Crippen LogP contribution in [0.25, 0.3) is 10.9 Å². The second-order valence-electron chi connectivity index (χ2n) is 10.9. The van der Waals surface area contributed by atoms with E-state index >= 15 is 0 Å². The van der Waals surface area contributed by atoms with Crippen molar-refractivity contribution < 1.29 is 4.74 Å². The fraction of sp³-hybridized carbons (Fsp3) is 0.552. The number of aromatic nitrogens is 2. The van der Waals surface area contributed by atoms with Gasteiger partial charge < -0.3 is 9.30 Å². The van der Waals surface area contributed by atoms with Gasteiger partial charge in [0.25, 0.3) is 0 Å². The number of aryl methyl sites for hydroxylation is 2. The van der Waals surface area contributed by atoms with Crippen molar-refractivity contribution in [3.8, 4) is 0 Å². The van der Waals surface area contributed by atoms with Crippen LogP contribution >= 0.6 is 0 Å². The summed E-state index contributed by atoms with van der Waals surface area (Å²) in [7, 11) is 0. The minimum atomic E-state index is -0.395. The van der Waals surface area contributed by atoms with Crippen molar-refractivity contribution in [3.05, 3.63) is 64.6 Å². The standard InChI is InChI=1S/C29H37N3O/c1-20-15-21(2)28-24(16-20)27-25-10-6-13-31(25)14-11-26(27)32(28)19-29(3,23-9-5-12-30-17-23)33-18-22-7-4-8-22/h5,9,12,15-17,22,25H,4,6-8,10-11,13-14,18-19H2,1-3H3. The number of benzene rings is 1. The Morgan fingerprint density at radius 3 is 2.76 bits per heavy atom. The van der Waals surface area contributed by atoms with Crippen molar-refractivity contribution in [1.82, 2.24) is 14.5 Å². The lowest BCUT2D eigenvalue weighted by atomic mass is 9.86. The molecule has 4 heterocycles. The summed E-state index contributed by atoms with van der Waals surface area (Å²) in [6, 6.07) is 9.62. The van der Waals surface area contributed by atoms with Crippen molar-refractivity contribution in [2.24, 2.45) is 5.92 Å². The summed E-state index contributed by atoms with van der Waals surface area (Å²) in [5.74, 6) is 0.716. The van der Waals surface area contributed by atoms with E-state index in [2.05, 4.69) is 59.5 Å². The number of hydrogen-bond donors (Lipinski definition) is 0. The third-order valence-electron chi connectivity index (χ3n) is 8.57. The second-order valence-corrected chi connectivity index (χ2v) is 10.9. The summed E-state index contributed by atoms with van der Waals surface area (Å²) < 4.78 is 9.45. The van der Waals surface area contributed by atoms with E-state index in [1.807, 2.05) is 12.4 Å². The third-order valence-corrected chi connectivity index (χ3v) is 8.57. The van der Waals surface area contributed by atoms with Gasteiger partial charge in [0.1, 0.15) is 5.60 Å². The van der Waals surface area contributed by atoms with Crippen LogP contribution in [-0.2, 0) is 23.3 Å². The van der Waals surface area contributed by atoms with Gasteiger partial charge in [-0.25, -0.2) is 0 Å². The van der Waals surface area contributed by atoms with Crippen molar-refractivity contribution in [2.45, 2.75) is 77.5 Å². The molecule has 1 saturated carbocycles. The molecule has 2 atom stereocenters. The highest BCUT2D eigenvalue weighted by Gasteiger charge is 2.38. The summed E-state index contributed by atoms with van der Waals surface area (Å²) in [5.41, 5.74) is 8.11. The maximum Gasteiger partial charge on any atom is 0.110 e. The monoisotopic (exact) mass is 443 g/mol. The van der Waals surface area contributed by atoms with Crippen LogP contribution in [0.2, 0.25) is 0 Å². The zero-order valence-corrected chi connectivity index (χ0v) is 20.4. The number of fused-ring (bicyclic) bond motifs is 5. The zero-order valence-electron chi connectivity index (χ0n) is 20.4. The molecular formula is C29H37N3O. The van der Waals surface area contributed by atoms with Gasteiger partial charge in [-0.2, -0.15) is 0 Å². The fourth-order valence-electron chi connectivity index (χ4n) is 6.60. The highest BCUT2D eigenvalue weighted by atomic mass is 16.5. The van der Waals surface area contributed by atoms with E-state index in [1.54, 1.807) is 11.3 Å². The van der Waals surface area contributed by atoms with Gasteiger partial charge in [0.15, 0.2) is 0 Å². The average Bonchev–Trinajstić information content (AvgIpc) is 3.36. The minimum Gasteiger partial charge on any atom is -0.368 e. The molecule has 1 aliphatic carbocycles. The Kier molecular flexibility index (Phi) is 5.34. The normalized spacial score (nSPS) is 22.7. The molecule has 0 N–H and O–H groups in total. The smallest absolute Gasteiger partial charge is 0.110 e. The predicted octanol–water partition coefficient (Wildman–Crippen LogP) is 6.08. The van der Waals surface area contributed by atoms with Gasteiger partial charge in [0, 0.05) is 48.0 Å². The van der Waals surface area contributed by atoms with Crippen LogP contribution in [0.5, 0.6) is 0 Å². The highest BCUT2D eigenvalue weighted by molar-refractivity contribution is 5.89. The molecule has 0 bridgehead atoms. The Labute approximate surface area is 198 Å². The van der Waals surface area contributed by atoms with Gasteiger partial charge in [-0.1, -0.05) is 24.1 Å². The Hall–Kier alpha value is -2.17. The summed E-state index contributed by atoms with van der Waals surface area (Å²) in [5, 5.41) is 1.48. The molecule has 33 heavy (non-hydrogen) atoms. The number of ether oxygens (including phenoxy) is 1. The first-order valence-corrected chi connectivity index (χ1v) is 12.9. The van der Waals surface area contributed by atoms with E-state index in [1.165, 1.54) is 72.8 Å². The summed E-state index contributed by atoms with van der Waals surface area (Å²) in [6.45, 7) is 10.9. The molecule has 2 aliphatic heterocycles. The lowest BCUT2D eigenvalue weighted by Crippen LogP contribution is -2.36. The lowest BCUT2D eigenvalue weighted by Gasteiger charge is -2.36. The van der Waals surface area contributed by atoms with Gasteiger partial charge in [0.2, 0.25) is 0 Å². The highest BCUT2D eigenvalue weighted by Crippen LogP contribution is 2.45. The van der Waals surface area contributed by atoms with Crippen LogP contribution in [0.3, 0.4) is 0 Å². The van der Waals surface area contributed by atoms with Crippen LogP contribution in [0.1, 0.15) is 73.0 Å². The van der Waals surface area contributed by atoms with E-state index in [9.17, 15) is 0 Å². The van der Waals surface area contributed by atoms with Crippen LogP contribution in [0.4, 0.5) is 0 Å². The summed E-state index contributed by atoms with van der Waals surface area (Å²) in [4.78, 5) is 7.19. The van der Waals surface area contributed by atoms with Gasteiger partial charge in [-0.3, -0.25) is 9.88 Å². The van der Waals surface area contributed by atoms with Crippen LogP contribution in [-0.4, -0.2) is 34.1 Å². The topological polar surface area (TPSA) is 30.3 Å². The molecule has 4 heteroatoms. The van der Waals surface area contributed by atoms with Crippen LogP contribution < -0.4 is 0 Å². The van der Waals surface area contributed by atoms with Gasteiger partial charge >= 0.3 is 0 Å². The van der Waals surface area contributed by atoms with Crippen LogP contribution in [0.15, 0.2) is 36.7 Å². The summed E-state index contributed by atoms with van der Waals surface area (Å²) >= 11 is 0. The number of pyridine rings is 1. The molecule has 174 valence electrons. The Morgan fingerprint density at radius 2 is 2.00 bits per heavy atom. The molecule has 6 rings (SSSR count). The fourth-order valence-corrected chi connectivity index (χ4v) is 6.60. The largest absolute Gasteiger partial charge is 0.368 e. The zero-order chi connectivity index (χ0) is 22.6. The molecule has 0 radical (unpaired) electrons. The molecule has 2 unspecified atom stereocenters. The van der Waals surface area contributed by atoms with Crippen molar-refractivity contribution in [2.75, 3.05) is 19.7 Å². The third kappa shape index (κ3) is 3.63. The van der Waals surface area contributed by atoms with Gasteiger partial charge in [-0.05, 0) is 82.2 Å². The maximum absolute atomic E-state index is 6.81. The van der Waals surface area contributed by atoms with E-state index in [-0.39, 0.29) is 0 Å². The van der Waals surface area contributed by atoms with E-state index in [4.69, 9.17) is 4.74 Å². The van der Waals surface area contributed by atoms with Crippen molar-refractivity contribution >= 4 is 10.9 Å². The van der Waals surface area contributed by atoms with Gasteiger partial charge in [-0.15, -0.1) is 0 Å². The van der Waals surface area contributed by atoms with E-state index in [0.717, 1.165) is 19.6 Å². The molecule has 4 nitrogen and oxygen atoms in total. The number of hydrogen-bond acceptors (Lipinski definition) is 3. The van der Waals surface area contributed by atoms with Gasteiger partial charge in [0.05, 0.1) is 18.7 Å². The first kappa shape index (κ1) is 21.4. The molecule has 0 amide bonds. The molecule has 2 aromatic heterocycles. The number of rotatable bonds is 6. The molecule has 1 aromatic carbocycles. The first-order valence-electron chi connectivity index (χ1n) is 12.9. The van der Waals surface area contributed by atoms with E-state index < -0.39 is 5.60 Å². The molecule has 0 spiro atoms. The first-order chi connectivity index (χ1) is 16.0. The predicted molar refractivity (Wildman–Crippen MR) is 134 cm³/mol. The molecule has 2 fully saturated rings. The van der Waals surface area contributed by atoms with Crippen molar-refractivity contribution in [3.63, 3.8) is 0 Å². The average molecular weight is 444 g/mol. The molecular weight excluding hydrogens is 406 g/mol. The summed E-state index contributed by atoms with van der Waals surface area (Å²) in [6.07, 6.45) is 11.6. The molecule has 3 aromatic rings. The van der Waals surface area contributed by atoms with E-state index in [0.29, 0.717) is 12.0 Å².